The molecule has 274 valence electrons. The van der Waals surface area contributed by atoms with E-state index in [-0.39, 0.29) is 40.1 Å². The van der Waals surface area contributed by atoms with Crippen molar-refractivity contribution in [2.45, 2.75) is 48.1 Å². The third-order valence-electron chi connectivity index (χ3n) is 9.63. The van der Waals surface area contributed by atoms with Crippen LogP contribution in [0.1, 0.15) is 52.0 Å². The smallest absolute Gasteiger partial charge is 0.299 e. The van der Waals surface area contributed by atoms with Gasteiger partial charge in [-0.15, -0.1) is 0 Å². The fourth-order valence-electron chi connectivity index (χ4n) is 6.86. The van der Waals surface area contributed by atoms with Gasteiger partial charge in [0.25, 0.3) is 23.4 Å². The van der Waals surface area contributed by atoms with Crippen molar-refractivity contribution in [2.75, 3.05) is 36.5 Å². The molecule has 15 heteroatoms. The van der Waals surface area contributed by atoms with Crippen molar-refractivity contribution in [3.8, 4) is 5.75 Å². The summed E-state index contributed by atoms with van der Waals surface area (Å²) in [6.45, 7) is 1.89. The van der Waals surface area contributed by atoms with Gasteiger partial charge in [-0.3, -0.25) is 19.2 Å². The standard InChI is InChI=1S/C26H24N2O5S.C12H12N2O4S/c29-25-23-16-22(13-14-24(23)27(26(25)30)17-19-8-3-1-4-9-19)34(31,32)28-15-7-10-20(28)18-33-21-11-5-2-6-12-21;15-11-9-7-8(3-4-10(9)13-12(11)16)19(17,18)14-5-1-2-6-14/h1-6,8-9,11-14,16,20H,7,10,15,17-18H2;3-4,7H,1-2,5-6H2,(H,13,15,16). The Kier molecular flexibility index (Phi) is 10.00. The lowest BCUT2D eigenvalue weighted by Gasteiger charge is -2.24. The lowest BCUT2D eigenvalue weighted by atomic mass is 10.1. The first-order valence-electron chi connectivity index (χ1n) is 17.2. The molecule has 2 amide bonds. The number of hydrogen-bond acceptors (Lipinski definition) is 9. The number of Topliss-reactive ketones (excluding diaryl/α,β-unsaturated/α-hetero) is 2. The van der Waals surface area contributed by atoms with Crippen LogP contribution in [-0.2, 0) is 36.2 Å². The molecule has 8 rings (SSSR count). The zero-order valence-electron chi connectivity index (χ0n) is 28.5. The van der Waals surface area contributed by atoms with E-state index in [1.165, 1.54) is 43.8 Å². The Balaban J connectivity index is 0.000000193. The van der Waals surface area contributed by atoms with Crippen molar-refractivity contribution >= 4 is 54.8 Å². The topological polar surface area (TPSA) is 168 Å². The van der Waals surface area contributed by atoms with Crippen molar-refractivity contribution in [3.63, 3.8) is 0 Å². The SMILES string of the molecule is O=C1C(=O)N(Cc2ccccc2)c2ccc(S(=O)(=O)N3CCCC3COc3ccccc3)cc21.O=C1Nc2ccc(S(=O)(=O)N3CCCC3)cc2C1=O. The second-order valence-electron chi connectivity index (χ2n) is 13.0. The number of carbonyl (C=O) groups is 4. The first kappa shape index (κ1) is 36.2. The van der Waals surface area contributed by atoms with Crippen LogP contribution >= 0.6 is 0 Å². The first-order chi connectivity index (χ1) is 25.4. The van der Waals surface area contributed by atoms with Gasteiger partial charge in [0, 0.05) is 19.6 Å². The molecule has 0 bridgehead atoms. The van der Waals surface area contributed by atoms with Gasteiger partial charge in [-0.2, -0.15) is 8.61 Å². The first-order valence-corrected chi connectivity index (χ1v) is 20.1. The normalized spacial score (nSPS) is 18.8. The molecule has 4 aliphatic heterocycles. The lowest BCUT2D eigenvalue weighted by Crippen LogP contribution is -2.39. The van der Waals surface area contributed by atoms with E-state index >= 15 is 0 Å². The molecule has 2 saturated heterocycles. The Labute approximate surface area is 307 Å². The number of carbonyl (C=O) groups excluding carboxylic acids is 4. The van der Waals surface area contributed by atoms with Gasteiger partial charge in [0.1, 0.15) is 12.4 Å². The van der Waals surface area contributed by atoms with Crippen molar-refractivity contribution < 1.29 is 40.8 Å². The summed E-state index contributed by atoms with van der Waals surface area (Å²) in [5, 5.41) is 2.40. The Bertz CT molecular complexity index is 2310. The fraction of sp³-hybridized carbons (Fsp3) is 0.263. The molecule has 4 aromatic rings. The van der Waals surface area contributed by atoms with E-state index in [1.54, 1.807) is 6.07 Å². The van der Waals surface area contributed by atoms with E-state index in [2.05, 4.69) is 5.32 Å². The van der Waals surface area contributed by atoms with Gasteiger partial charge in [-0.1, -0.05) is 48.5 Å². The molecule has 0 aromatic heterocycles. The number of ketones is 2. The highest BCUT2D eigenvalue weighted by Gasteiger charge is 2.40. The number of nitrogens with zero attached hydrogens (tertiary/aromatic N) is 3. The summed E-state index contributed by atoms with van der Waals surface area (Å²) in [5.74, 6) is -2.05. The highest BCUT2D eigenvalue weighted by molar-refractivity contribution is 7.89. The molecule has 0 aliphatic carbocycles. The van der Waals surface area contributed by atoms with Gasteiger partial charge in [0.15, 0.2) is 0 Å². The Morgan fingerprint density at radius 1 is 0.679 bits per heavy atom. The molecule has 2 fully saturated rings. The molecule has 0 radical (unpaired) electrons. The summed E-state index contributed by atoms with van der Waals surface area (Å²) in [5.41, 5.74) is 1.94. The van der Waals surface area contributed by atoms with E-state index in [4.69, 9.17) is 4.74 Å². The van der Waals surface area contributed by atoms with Crippen LogP contribution in [0.15, 0.2) is 107 Å². The number of ether oxygens (including phenoxy) is 1. The number of sulfonamides is 2. The van der Waals surface area contributed by atoms with Gasteiger partial charge < -0.3 is 15.0 Å². The largest absolute Gasteiger partial charge is 0.492 e. The van der Waals surface area contributed by atoms with Gasteiger partial charge >= 0.3 is 0 Å². The van der Waals surface area contributed by atoms with Crippen molar-refractivity contribution in [2.24, 2.45) is 0 Å². The highest BCUT2D eigenvalue weighted by Crippen LogP contribution is 2.35. The van der Waals surface area contributed by atoms with Crippen LogP contribution < -0.4 is 15.0 Å². The van der Waals surface area contributed by atoms with E-state index in [0.717, 1.165) is 24.8 Å². The number of hydrogen-bond donors (Lipinski definition) is 1. The van der Waals surface area contributed by atoms with E-state index in [9.17, 15) is 36.0 Å². The zero-order chi connectivity index (χ0) is 37.3. The van der Waals surface area contributed by atoms with Crippen LogP contribution in [0.4, 0.5) is 11.4 Å². The van der Waals surface area contributed by atoms with Gasteiger partial charge in [0.2, 0.25) is 20.0 Å². The third-order valence-corrected chi connectivity index (χ3v) is 13.5. The second kappa shape index (κ2) is 14.7. The molecule has 4 aliphatic rings. The molecule has 53 heavy (non-hydrogen) atoms. The maximum atomic E-state index is 13.5. The Hall–Kier alpha value is -5.22. The average molecular weight is 757 g/mol. The highest BCUT2D eigenvalue weighted by atomic mass is 32.2. The molecule has 0 saturated carbocycles. The number of nitrogens with one attached hydrogen (secondary N) is 1. The maximum absolute atomic E-state index is 13.5. The summed E-state index contributed by atoms with van der Waals surface area (Å²) < 4.78 is 60.3. The fourth-order valence-corrected chi connectivity index (χ4v) is 10.1. The van der Waals surface area contributed by atoms with Crippen LogP contribution in [-0.4, -0.2) is 81.1 Å². The van der Waals surface area contributed by atoms with Crippen LogP contribution in [0.2, 0.25) is 0 Å². The van der Waals surface area contributed by atoms with Crippen LogP contribution in [0, 0.1) is 0 Å². The molecule has 0 spiro atoms. The monoisotopic (exact) mass is 756 g/mol. The molecule has 4 heterocycles. The quantitative estimate of drug-likeness (QED) is 0.246. The number of rotatable bonds is 9. The summed E-state index contributed by atoms with van der Waals surface area (Å²) in [6, 6.07) is 26.9. The van der Waals surface area contributed by atoms with Gasteiger partial charge in [0.05, 0.1) is 44.9 Å². The van der Waals surface area contributed by atoms with Crippen molar-refractivity contribution in [3.05, 3.63) is 114 Å². The molecule has 1 unspecified atom stereocenters. The predicted octanol–water partition coefficient (Wildman–Crippen LogP) is 4.25. The molecular formula is C38H36N4O9S2. The average Bonchev–Trinajstić information content (AvgIpc) is 3.98. The summed E-state index contributed by atoms with van der Waals surface area (Å²) in [7, 11) is -7.42. The molecule has 4 aromatic carbocycles. The minimum Gasteiger partial charge on any atom is -0.492 e. The van der Waals surface area contributed by atoms with E-state index < -0.39 is 43.4 Å². The summed E-state index contributed by atoms with van der Waals surface area (Å²) >= 11 is 0. The number of anilines is 2. The number of benzene rings is 4. The minimum absolute atomic E-state index is 0.0144. The Morgan fingerprint density at radius 2 is 1.32 bits per heavy atom. The number of para-hydroxylation sites is 1. The minimum atomic E-state index is -3.86. The van der Waals surface area contributed by atoms with Crippen LogP contribution in [0.25, 0.3) is 0 Å². The second-order valence-corrected chi connectivity index (χ2v) is 16.9. The number of amides is 2. The van der Waals surface area contributed by atoms with E-state index in [0.29, 0.717) is 43.2 Å². The maximum Gasteiger partial charge on any atom is 0.299 e. The van der Waals surface area contributed by atoms with Crippen LogP contribution in [0.3, 0.4) is 0 Å². The predicted molar refractivity (Wildman–Crippen MR) is 195 cm³/mol. The van der Waals surface area contributed by atoms with Crippen molar-refractivity contribution in [1.29, 1.82) is 0 Å². The lowest BCUT2D eigenvalue weighted by molar-refractivity contribution is -0.114. The van der Waals surface area contributed by atoms with Crippen LogP contribution in [0.5, 0.6) is 5.75 Å². The molecule has 13 nitrogen and oxygen atoms in total. The number of fused-ring (bicyclic) bond motifs is 2. The zero-order valence-corrected chi connectivity index (χ0v) is 30.1. The molecular weight excluding hydrogens is 721 g/mol. The van der Waals surface area contributed by atoms with Gasteiger partial charge in [-0.05, 0) is 79.8 Å². The van der Waals surface area contributed by atoms with Gasteiger partial charge in [-0.25, -0.2) is 16.8 Å². The molecule has 1 atom stereocenters. The van der Waals surface area contributed by atoms with E-state index in [1.807, 2.05) is 60.7 Å². The molecule has 1 N–H and O–H groups in total. The summed E-state index contributed by atoms with van der Waals surface area (Å²) in [6.07, 6.45) is 3.13. The Morgan fingerprint density at radius 3 is 2.04 bits per heavy atom. The summed E-state index contributed by atoms with van der Waals surface area (Å²) in [4.78, 5) is 49.6. The third kappa shape index (κ3) is 7.12. The van der Waals surface area contributed by atoms with Crippen molar-refractivity contribution in [1.82, 2.24) is 8.61 Å².